The molecule has 0 bridgehead atoms. The number of thiophene rings is 1. The van der Waals surface area contributed by atoms with Crippen LogP contribution >= 0.6 is 34.5 Å². The number of rotatable bonds is 4. The largest absolute Gasteiger partial charge is 0.322 e. The van der Waals surface area contributed by atoms with Gasteiger partial charge in [0, 0.05) is 15.7 Å². The van der Waals surface area contributed by atoms with E-state index in [0.29, 0.717) is 26.3 Å². The van der Waals surface area contributed by atoms with Crippen molar-refractivity contribution in [1.82, 2.24) is 0 Å². The minimum Gasteiger partial charge on any atom is -0.322 e. The number of anilines is 2. The molecule has 0 unspecified atom stereocenters. The van der Waals surface area contributed by atoms with Crippen LogP contribution in [-0.2, 0) is 0 Å². The predicted octanol–water partition coefficient (Wildman–Crippen LogP) is 5.87. The van der Waals surface area contributed by atoms with Gasteiger partial charge in [0.25, 0.3) is 11.8 Å². The summed E-state index contributed by atoms with van der Waals surface area (Å²) in [5.41, 5.74) is 2.13. The highest BCUT2D eigenvalue weighted by molar-refractivity contribution is 7.12. The molecule has 0 aliphatic rings. The monoisotopic (exact) mass is 404 g/mol. The Morgan fingerprint density at radius 2 is 1.58 bits per heavy atom. The lowest BCUT2D eigenvalue weighted by Gasteiger charge is -2.12. The van der Waals surface area contributed by atoms with Crippen LogP contribution in [0.3, 0.4) is 0 Å². The maximum Gasteiger partial charge on any atom is 0.266 e. The lowest BCUT2D eigenvalue weighted by atomic mass is 10.1. The third kappa shape index (κ3) is 4.25. The maximum absolute atomic E-state index is 12.7. The van der Waals surface area contributed by atoms with Gasteiger partial charge in [-0.3, -0.25) is 9.59 Å². The maximum atomic E-state index is 12.7. The van der Waals surface area contributed by atoms with Crippen molar-refractivity contribution in [3.8, 4) is 0 Å². The van der Waals surface area contributed by atoms with Crippen LogP contribution in [0, 0.1) is 6.92 Å². The molecule has 0 spiro atoms. The van der Waals surface area contributed by atoms with Crippen molar-refractivity contribution >= 4 is 57.7 Å². The van der Waals surface area contributed by atoms with E-state index in [9.17, 15) is 9.59 Å². The first-order valence-electron chi connectivity index (χ1n) is 7.66. The molecule has 132 valence electrons. The smallest absolute Gasteiger partial charge is 0.266 e. The molecule has 2 N–H and O–H groups in total. The van der Waals surface area contributed by atoms with Crippen LogP contribution in [0.15, 0.2) is 53.9 Å². The third-order valence-corrected chi connectivity index (χ3v) is 5.15. The number of amides is 2. The Hall–Kier alpha value is -2.34. The van der Waals surface area contributed by atoms with Gasteiger partial charge in [-0.15, -0.1) is 11.3 Å². The Balaban J connectivity index is 1.85. The topological polar surface area (TPSA) is 58.2 Å². The molecule has 1 heterocycles. The summed E-state index contributed by atoms with van der Waals surface area (Å²) >= 11 is 13.2. The average molecular weight is 405 g/mol. The lowest BCUT2D eigenvalue weighted by molar-refractivity contribution is 0.102. The van der Waals surface area contributed by atoms with Crippen molar-refractivity contribution in [3.63, 3.8) is 0 Å². The standard InChI is InChI=1S/C19H14Cl2N2O2S/c1-11-8-9-26-17(11)19(25)23-16-7-4-13(21)10-15(16)18(24)22-14-5-2-12(20)3-6-14/h2-10H,1H3,(H,22,24)(H,23,25). The minimum atomic E-state index is -0.381. The normalized spacial score (nSPS) is 10.4. The number of benzene rings is 2. The quantitative estimate of drug-likeness (QED) is 0.571. The highest BCUT2D eigenvalue weighted by Gasteiger charge is 2.17. The Morgan fingerprint density at radius 1 is 0.885 bits per heavy atom. The van der Waals surface area contributed by atoms with Gasteiger partial charge in [-0.2, -0.15) is 0 Å². The molecule has 0 aliphatic heterocycles. The van der Waals surface area contributed by atoms with Crippen LogP contribution in [-0.4, -0.2) is 11.8 Å². The minimum absolute atomic E-state index is 0.264. The summed E-state index contributed by atoms with van der Waals surface area (Å²) in [6.07, 6.45) is 0. The summed E-state index contributed by atoms with van der Waals surface area (Å²) < 4.78 is 0. The van der Waals surface area contributed by atoms with E-state index in [4.69, 9.17) is 23.2 Å². The third-order valence-electron chi connectivity index (χ3n) is 3.64. The highest BCUT2D eigenvalue weighted by atomic mass is 35.5. The second kappa shape index (κ2) is 7.91. The van der Waals surface area contributed by atoms with Gasteiger partial charge in [0.05, 0.1) is 16.1 Å². The van der Waals surface area contributed by atoms with Crippen LogP contribution in [0.25, 0.3) is 0 Å². The molecule has 0 radical (unpaired) electrons. The second-order valence-electron chi connectivity index (χ2n) is 5.54. The Bertz CT molecular complexity index is 968. The van der Waals surface area contributed by atoms with Gasteiger partial charge >= 0.3 is 0 Å². The van der Waals surface area contributed by atoms with Crippen molar-refractivity contribution < 1.29 is 9.59 Å². The summed E-state index contributed by atoms with van der Waals surface area (Å²) in [6.45, 7) is 1.86. The van der Waals surface area contributed by atoms with Crippen LogP contribution in [0.2, 0.25) is 10.0 Å². The van der Waals surface area contributed by atoms with E-state index in [1.54, 1.807) is 36.4 Å². The summed E-state index contributed by atoms with van der Waals surface area (Å²) in [5, 5.41) is 8.38. The first kappa shape index (κ1) is 18.5. The van der Waals surface area contributed by atoms with E-state index in [0.717, 1.165) is 5.56 Å². The molecule has 0 saturated carbocycles. The van der Waals surface area contributed by atoms with E-state index in [-0.39, 0.29) is 17.4 Å². The number of carbonyl (C=O) groups excluding carboxylic acids is 2. The van der Waals surface area contributed by atoms with E-state index < -0.39 is 0 Å². The average Bonchev–Trinajstić information content (AvgIpc) is 3.04. The van der Waals surface area contributed by atoms with Crippen LogP contribution in [0.4, 0.5) is 11.4 Å². The van der Waals surface area contributed by atoms with Crippen LogP contribution < -0.4 is 10.6 Å². The Kier molecular flexibility index (Phi) is 5.61. The molecular weight excluding hydrogens is 391 g/mol. The van der Waals surface area contributed by atoms with Crippen molar-refractivity contribution in [1.29, 1.82) is 0 Å². The number of carbonyl (C=O) groups is 2. The van der Waals surface area contributed by atoms with Crippen LogP contribution in [0.5, 0.6) is 0 Å². The molecule has 0 aliphatic carbocycles. The molecule has 3 rings (SSSR count). The van der Waals surface area contributed by atoms with Gasteiger partial charge < -0.3 is 10.6 Å². The number of hydrogen-bond acceptors (Lipinski definition) is 3. The van der Waals surface area contributed by atoms with Gasteiger partial charge in [0.15, 0.2) is 0 Å². The van der Waals surface area contributed by atoms with Gasteiger partial charge in [0.1, 0.15) is 0 Å². The molecular formula is C19H14Cl2N2O2S. The van der Waals surface area contributed by atoms with Crippen molar-refractivity contribution in [2.75, 3.05) is 10.6 Å². The number of hydrogen-bond donors (Lipinski definition) is 2. The SMILES string of the molecule is Cc1ccsc1C(=O)Nc1ccc(Cl)cc1C(=O)Nc1ccc(Cl)cc1. The van der Waals surface area contributed by atoms with Gasteiger partial charge in [-0.25, -0.2) is 0 Å². The molecule has 7 heteroatoms. The fraction of sp³-hybridized carbons (Fsp3) is 0.0526. The first-order chi connectivity index (χ1) is 12.4. The van der Waals surface area contributed by atoms with Gasteiger partial charge in [-0.1, -0.05) is 23.2 Å². The number of aryl methyl sites for hydroxylation is 1. The van der Waals surface area contributed by atoms with Crippen LogP contribution in [0.1, 0.15) is 25.6 Å². The molecule has 0 atom stereocenters. The molecule has 4 nitrogen and oxygen atoms in total. The van der Waals surface area contributed by atoms with Crippen molar-refractivity contribution in [3.05, 3.63) is 80.0 Å². The molecule has 2 aromatic carbocycles. The summed E-state index contributed by atoms with van der Waals surface area (Å²) in [5.74, 6) is -0.645. The summed E-state index contributed by atoms with van der Waals surface area (Å²) in [4.78, 5) is 25.7. The molecule has 26 heavy (non-hydrogen) atoms. The van der Waals surface area contributed by atoms with Crippen molar-refractivity contribution in [2.24, 2.45) is 0 Å². The fourth-order valence-corrected chi connectivity index (χ4v) is 3.45. The zero-order valence-corrected chi connectivity index (χ0v) is 16.0. The van der Waals surface area contributed by atoms with Gasteiger partial charge in [0.2, 0.25) is 0 Å². The van der Waals surface area contributed by atoms with Gasteiger partial charge in [-0.05, 0) is 66.4 Å². The second-order valence-corrected chi connectivity index (χ2v) is 7.33. The van der Waals surface area contributed by atoms with E-state index in [2.05, 4.69) is 10.6 Å². The Labute approximate surface area is 164 Å². The summed E-state index contributed by atoms with van der Waals surface area (Å²) in [6, 6.07) is 13.4. The first-order valence-corrected chi connectivity index (χ1v) is 9.29. The zero-order valence-electron chi connectivity index (χ0n) is 13.7. The molecule has 1 aromatic heterocycles. The number of nitrogens with one attached hydrogen (secondary N) is 2. The van der Waals surface area contributed by atoms with E-state index in [1.165, 1.54) is 17.4 Å². The highest BCUT2D eigenvalue weighted by Crippen LogP contribution is 2.25. The number of halogens is 2. The molecule has 3 aromatic rings. The zero-order chi connectivity index (χ0) is 18.7. The predicted molar refractivity (Wildman–Crippen MR) is 108 cm³/mol. The van der Waals surface area contributed by atoms with E-state index >= 15 is 0 Å². The van der Waals surface area contributed by atoms with E-state index in [1.807, 2.05) is 18.4 Å². The lowest BCUT2D eigenvalue weighted by Crippen LogP contribution is -2.18. The summed E-state index contributed by atoms with van der Waals surface area (Å²) in [7, 11) is 0. The molecule has 0 saturated heterocycles. The molecule has 0 fully saturated rings. The Morgan fingerprint density at radius 3 is 2.23 bits per heavy atom. The van der Waals surface area contributed by atoms with Crippen molar-refractivity contribution in [2.45, 2.75) is 6.92 Å². The molecule has 2 amide bonds. The fourth-order valence-electron chi connectivity index (χ4n) is 2.33.